The maximum Gasteiger partial charge on any atom is 0.206 e. The summed E-state index contributed by atoms with van der Waals surface area (Å²) in [6, 6.07) is 10.6. The van der Waals surface area contributed by atoms with Gasteiger partial charge in [0.2, 0.25) is 9.84 Å². The number of rotatable bonds is 2. The van der Waals surface area contributed by atoms with E-state index in [1.165, 1.54) is 48.5 Å². The van der Waals surface area contributed by atoms with Crippen LogP contribution in [0.1, 0.15) is 0 Å². The molecule has 0 saturated carbocycles. The van der Waals surface area contributed by atoms with Crippen LogP contribution in [-0.4, -0.2) is 70.0 Å². The smallest absolute Gasteiger partial charge is 0.206 e. The summed E-state index contributed by atoms with van der Waals surface area (Å²) in [6.07, 6.45) is 0. The summed E-state index contributed by atoms with van der Waals surface area (Å²) in [7, 11) is -3.59. The zero-order chi connectivity index (χ0) is 12.5. The number of hydrogen-bond donors (Lipinski definition) is 2. The molecule has 1 radical (unpaired) electrons. The topological polar surface area (TPSA) is 74.6 Å². The number of phenols is 2. The fourth-order valence-electron chi connectivity index (χ4n) is 1.39. The van der Waals surface area contributed by atoms with Crippen molar-refractivity contribution in [2.75, 3.05) is 0 Å². The second kappa shape index (κ2) is 6.18. The Labute approximate surface area is 148 Å². The monoisotopic (exact) mass is 289 g/mol. The molecule has 6 heteroatoms. The summed E-state index contributed by atoms with van der Waals surface area (Å²) in [6.45, 7) is 0. The Hall–Kier alpha value is -0.374. The molecule has 0 fully saturated rings. The number of sulfone groups is 1. The van der Waals surface area contributed by atoms with E-state index in [2.05, 4.69) is 0 Å². The first-order valence-electron chi connectivity index (χ1n) is 4.83. The minimum Gasteiger partial charge on any atom is -0.508 e. The van der Waals surface area contributed by atoms with Crippen molar-refractivity contribution in [3.63, 3.8) is 0 Å². The summed E-state index contributed by atoms with van der Waals surface area (Å²) in [5, 5.41) is 18.2. The zero-order valence-corrected chi connectivity index (χ0v) is 13.7. The van der Waals surface area contributed by atoms with Gasteiger partial charge in [-0.1, -0.05) is 0 Å². The van der Waals surface area contributed by atoms with Crippen molar-refractivity contribution in [1.82, 2.24) is 0 Å². The first-order valence-corrected chi connectivity index (χ1v) is 6.31. The number of hydrogen-bond acceptors (Lipinski definition) is 4. The van der Waals surface area contributed by atoms with Crippen LogP contribution in [0.4, 0.5) is 0 Å². The van der Waals surface area contributed by atoms with Crippen LogP contribution in [-0.2, 0) is 9.84 Å². The van der Waals surface area contributed by atoms with E-state index in [0.717, 1.165) is 0 Å². The number of aromatic hydroxyl groups is 2. The Balaban J connectivity index is 0.00000162. The third-order valence-electron chi connectivity index (χ3n) is 2.29. The Morgan fingerprint density at radius 3 is 1.22 bits per heavy atom. The minimum atomic E-state index is -3.59. The minimum absolute atomic E-state index is 0. The quantitative estimate of drug-likeness (QED) is 0.823. The van der Waals surface area contributed by atoms with Crippen molar-refractivity contribution < 1.29 is 18.6 Å². The normalized spacial score (nSPS) is 10.7. The molecule has 0 aliphatic rings. The number of benzene rings is 2. The van der Waals surface area contributed by atoms with Gasteiger partial charge in [0.15, 0.2) is 0 Å². The Morgan fingerprint density at radius 1 is 0.667 bits per heavy atom. The van der Waals surface area contributed by atoms with Gasteiger partial charge in [0.1, 0.15) is 11.5 Å². The van der Waals surface area contributed by atoms with Crippen molar-refractivity contribution in [2.24, 2.45) is 0 Å². The van der Waals surface area contributed by atoms with E-state index in [-0.39, 0.29) is 72.7 Å². The molecule has 89 valence electrons. The fraction of sp³-hybridized carbons (Fsp3) is 0. The van der Waals surface area contributed by atoms with Gasteiger partial charge in [0, 0.05) is 51.4 Å². The molecule has 0 aliphatic carbocycles. The predicted octanol–water partition coefficient (Wildman–Crippen LogP) is 1.55. The predicted molar refractivity (Wildman–Crippen MR) is 67.4 cm³/mol. The first kappa shape index (κ1) is 15.7. The Bertz CT molecular complexity index is 567. The van der Waals surface area contributed by atoms with E-state index in [9.17, 15) is 8.42 Å². The van der Waals surface area contributed by atoms with Gasteiger partial charge < -0.3 is 10.2 Å². The van der Waals surface area contributed by atoms with Gasteiger partial charge >= 0.3 is 0 Å². The molecule has 0 spiro atoms. The third-order valence-corrected chi connectivity index (χ3v) is 4.08. The molecule has 0 atom stereocenters. The fourth-order valence-corrected chi connectivity index (χ4v) is 2.65. The molecule has 0 bridgehead atoms. The summed E-state index contributed by atoms with van der Waals surface area (Å²) in [5.74, 6) is 0.0179. The zero-order valence-electron chi connectivity index (χ0n) is 9.74. The van der Waals surface area contributed by atoms with Crippen molar-refractivity contribution >= 4 is 61.2 Å². The van der Waals surface area contributed by atoms with Crippen LogP contribution in [0.2, 0.25) is 0 Å². The second-order valence-corrected chi connectivity index (χ2v) is 5.44. The molecule has 0 unspecified atom stereocenters. The van der Waals surface area contributed by atoms with E-state index in [0.29, 0.717) is 0 Å². The molecule has 4 nitrogen and oxygen atoms in total. The van der Waals surface area contributed by atoms with Crippen LogP contribution in [0.15, 0.2) is 58.3 Å². The molecule has 0 amide bonds. The maximum atomic E-state index is 12.1. The number of phenolic OH excluding ortho intramolecular Hbond substituents is 2. The van der Waals surface area contributed by atoms with E-state index >= 15 is 0 Å². The van der Waals surface area contributed by atoms with E-state index in [1.54, 1.807) is 0 Å². The largest absolute Gasteiger partial charge is 0.508 e. The van der Waals surface area contributed by atoms with Gasteiger partial charge in [-0.25, -0.2) is 8.42 Å². The van der Waals surface area contributed by atoms with Crippen LogP contribution in [0.5, 0.6) is 11.5 Å². The van der Waals surface area contributed by atoms with Crippen LogP contribution in [0.25, 0.3) is 0 Å². The van der Waals surface area contributed by atoms with Gasteiger partial charge in [-0.2, -0.15) is 0 Å². The molecule has 0 aromatic heterocycles. The molecule has 0 heterocycles. The van der Waals surface area contributed by atoms with E-state index in [4.69, 9.17) is 10.2 Å². The summed E-state index contributed by atoms with van der Waals surface area (Å²) in [5.41, 5.74) is 0. The average molecular weight is 289 g/mol. The molecule has 2 N–H and O–H groups in total. The standard InChI is InChI=1S/C12H10O4S.K/c13-9-1-5-11(6-2-9)17(15,16)12-7-3-10(14)4-8-12;/h1-8,13-14H;. The van der Waals surface area contributed by atoms with Crippen molar-refractivity contribution in [1.29, 1.82) is 0 Å². The molecular formula is C12H10KO4S. The Morgan fingerprint density at radius 2 is 0.944 bits per heavy atom. The molecule has 0 aliphatic heterocycles. The summed E-state index contributed by atoms with van der Waals surface area (Å²) in [4.78, 5) is 0.196. The summed E-state index contributed by atoms with van der Waals surface area (Å²) < 4.78 is 24.2. The van der Waals surface area contributed by atoms with Gasteiger partial charge in [-0.05, 0) is 48.5 Å². The SMILES string of the molecule is O=S(=O)(c1ccc(O)cc1)c1ccc(O)cc1.[K]. The van der Waals surface area contributed by atoms with E-state index < -0.39 is 9.84 Å². The van der Waals surface area contributed by atoms with Gasteiger partial charge in [0.25, 0.3) is 0 Å². The maximum absolute atomic E-state index is 12.1. The van der Waals surface area contributed by atoms with E-state index in [1.807, 2.05) is 0 Å². The van der Waals surface area contributed by atoms with Crippen molar-refractivity contribution in [3.05, 3.63) is 48.5 Å². The molecule has 2 aromatic rings. The summed E-state index contributed by atoms with van der Waals surface area (Å²) >= 11 is 0. The van der Waals surface area contributed by atoms with Crippen molar-refractivity contribution in [2.45, 2.75) is 9.79 Å². The van der Waals surface area contributed by atoms with Gasteiger partial charge in [0.05, 0.1) is 9.79 Å². The molecule has 2 aromatic carbocycles. The van der Waals surface area contributed by atoms with Crippen molar-refractivity contribution in [3.8, 4) is 11.5 Å². The third kappa shape index (κ3) is 3.34. The second-order valence-electron chi connectivity index (χ2n) is 3.49. The Kier molecular flexibility index (Phi) is 5.39. The first-order chi connectivity index (χ1) is 8.00. The van der Waals surface area contributed by atoms with Crippen LogP contribution in [0, 0.1) is 0 Å². The average Bonchev–Trinajstić information content (AvgIpc) is 2.30. The molecule has 2 rings (SSSR count). The van der Waals surface area contributed by atoms with Crippen LogP contribution in [0.3, 0.4) is 0 Å². The molecular weight excluding hydrogens is 279 g/mol. The van der Waals surface area contributed by atoms with Crippen LogP contribution >= 0.6 is 0 Å². The molecule has 0 saturated heterocycles. The van der Waals surface area contributed by atoms with Gasteiger partial charge in [-0.15, -0.1) is 0 Å². The van der Waals surface area contributed by atoms with Crippen LogP contribution < -0.4 is 0 Å². The van der Waals surface area contributed by atoms with Gasteiger partial charge in [-0.3, -0.25) is 0 Å². The molecule has 18 heavy (non-hydrogen) atoms.